The minimum atomic E-state index is -0.513. The minimum absolute atomic E-state index is 0.0675. The Morgan fingerprint density at radius 1 is 1.32 bits per heavy atom. The van der Waals surface area contributed by atoms with Crippen LogP contribution in [-0.4, -0.2) is 32.6 Å². The highest BCUT2D eigenvalue weighted by Crippen LogP contribution is 2.23. The average Bonchev–Trinajstić information content (AvgIpc) is 2.44. The second-order valence-electron chi connectivity index (χ2n) is 4.05. The van der Waals surface area contributed by atoms with Crippen molar-refractivity contribution < 1.29 is 23.8 Å². The monoisotopic (exact) mass is 262 g/mol. The summed E-state index contributed by atoms with van der Waals surface area (Å²) in [4.78, 5) is 23.4. The van der Waals surface area contributed by atoms with Gasteiger partial charge in [0.25, 0.3) is 0 Å². The van der Waals surface area contributed by atoms with Crippen molar-refractivity contribution in [1.29, 1.82) is 0 Å². The van der Waals surface area contributed by atoms with Crippen LogP contribution in [0.25, 0.3) is 5.57 Å². The summed E-state index contributed by atoms with van der Waals surface area (Å²) in [6, 6.07) is 5.18. The van der Waals surface area contributed by atoms with E-state index in [1.54, 1.807) is 18.2 Å². The number of esters is 1. The number of hydrogen-bond acceptors (Lipinski definition) is 5. The summed E-state index contributed by atoms with van der Waals surface area (Å²) in [5.41, 5.74) is 2.26. The number of Topliss-reactive ketones (excluding diaryl/α,β-unsaturated/α-hetero) is 1. The molecule has 5 nitrogen and oxygen atoms in total. The Kier molecular flexibility index (Phi) is 3.97. The largest absolute Gasteiger partial charge is 0.503 e. The fourth-order valence-corrected chi connectivity index (χ4v) is 1.92. The summed E-state index contributed by atoms with van der Waals surface area (Å²) in [5, 5.41) is 0. The highest BCUT2D eigenvalue weighted by molar-refractivity contribution is 6.16. The van der Waals surface area contributed by atoms with Crippen molar-refractivity contribution >= 4 is 17.3 Å². The molecule has 0 bridgehead atoms. The van der Waals surface area contributed by atoms with Crippen LogP contribution in [0.3, 0.4) is 0 Å². The first kappa shape index (κ1) is 13.3. The summed E-state index contributed by atoms with van der Waals surface area (Å²) in [6.07, 6.45) is 1.30. The molecule has 1 aromatic rings. The van der Waals surface area contributed by atoms with Crippen molar-refractivity contribution in [3.05, 3.63) is 41.2 Å². The van der Waals surface area contributed by atoms with Crippen molar-refractivity contribution in [1.82, 2.24) is 0 Å². The molecule has 1 aromatic carbocycles. The van der Waals surface area contributed by atoms with Gasteiger partial charge in [-0.1, -0.05) is 12.1 Å². The summed E-state index contributed by atoms with van der Waals surface area (Å²) in [5.74, 6) is -0.606. The predicted molar refractivity (Wildman–Crippen MR) is 67.4 cm³/mol. The molecule has 19 heavy (non-hydrogen) atoms. The van der Waals surface area contributed by atoms with Gasteiger partial charge >= 0.3 is 5.97 Å². The molecule has 0 spiro atoms. The zero-order chi connectivity index (χ0) is 13.8. The average molecular weight is 262 g/mol. The maximum absolute atomic E-state index is 11.8. The molecule has 0 N–H and O–H groups in total. The lowest BCUT2D eigenvalue weighted by molar-refractivity contribution is -0.133. The second kappa shape index (κ2) is 5.67. The first-order valence-electron chi connectivity index (χ1n) is 5.73. The standard InChI is InChI=1S/C14H14O5/c1-17-7-12(14(16)18-2)9-3-4-10-6-19-8-13(15)11(10)5-9/h3-5,7H,6,8H2,1-2H3/b12-7+. The number of methoxy groups -OCH3 is 2. The third-order valence-electron chi connectivity index (χ3n) is 2.85. The molecule has 0 aliphatic carbocycles. The Morgan fingerprint density at radius 3 is 2.79 bits per heavy atom. The molecule has 0 saturated carbocycles. The molecule has 1 heterocycles. The fraction of sp³-hybridized carbons (Fsp3) is 0.286. The Morgan fingerprint density at radius 2 is 2.11 bits per heavy atom. The van der Waals surface area contributed by atoms with E-state index < -0.39 is 5.97 Å². The van der Waals surface area contributed by atoms with E-state index in [9.17, 15) is 9.59 Å². The smallest absolute Gasteiger partial charge is 0.341 e. The van der Waals surface area contributed by atoms with Crippen LogP contribution >= 0.6 is 0 Å². The van der Waals surface area contributed by atoms with E-state index in [1.165, 1.54) is 20.5 Å². The molecule has 0 saturated heterocycles. The van der Waals surface area contributed by atoms with E-state index in [4.69, 9.17) is 14.2 Å². The lowest BCUT2D eigenvalue weighted by atomic mass is 9.96. The van der Waals surface area contributed by atoms with E-state index in [-0.39, 0.29) is 18.0 Å². The molecule has 2 rings (SSSR count). The number of ether oxygens (including phenoxy) is 3. The van der Waals surface area contributed by atoms with Crippen LogP contribution in [-0.2, 0) is 25.6 Å². The number of carbonyl (C=O) groups excluding carboxylic acids is 2. The Hall–Kier alpha value is -2.14. The summed E-state index contributed by atoms with van der Waals surface area (Å²) in [7, 11) is 2.74. The number of fused-ring (bicyclic) bond motifs is 1. The van der Waals surface area contributed by atoms with Crippen LogP contribution in [0.1, 0.15) is 21.5 Å². The Bertz CT molecular complexity index is 545. The van der Waals surface area contributed by atoms with E-state index in [2.05, 4.69) is 0 Å². The van der Waals surface area contributed by atoms with Gasteiger partial charge < -0.3 is 14.2 Å². The molecule has 1 aliphatic heterocycles. The first-order chi connectivity index (χ1) is 9.17. The topological polar surface area (TPSA) is 61.8 Å². The number of ketones is 1. The van der Waals surface area contributed by atoms with Crippen molar-refractivity contribution in [2.75, 3.05) is 20.8 Å². The van der Waals surface area contributed by atoms with Gasteiger partial charge in [0.05, 0.1) is 27.1 Å². The van der Waals surface area contributed by atoms with E-state index in [1.807, 2.05) is 0 Å². The van der Waals surface area contributed by atoms with Crippen LogP contribution in [0, 0.1) is 0 Å². The normalized spacial score (nSPS) is 14.8. The van der Waals surface area contributed by atoms with E-state index >= 15 is 0 Å². The van der Waals surface area contributed by atoms with E-state index in [0.29, 0.717) is 17.7 Å². The number of hydrogen-bond donors (Lipinski definition) is 0. The van der Waals surface area contributed by atoms with Gasteiger partial charge in [-0.25, -0.2) is 4.79 Å². The minimum Gasteiger partial charge on any atom is -0.503 e. The summed E-state index contributed by atoms with van der Waals surface area (Å²) < 4.78 is 14.7. The van der Waals surface area contributed by atoms with Gasteiger partial charge in [-0.3, -0.25) is 4.79 Å². The molecule has 100 valence electrons. The molecular weight excluding hydrogens is 248 g/mol. The molecule has 5 heteroatoms. The van der Waals surface area contributed by atoms with Crippen molar-refractivity contribution in [2.24, 2.45) is 0 Å². The first-order valence-corrected chi connectivity index (χ1v) is 5.73. The van der Waals surface area contributed by atoms with Crippen LogP contribution in [0.2, 0.25) is 0 Å². The van der Waals surface area contributed by atoms with Gasteiger partial charge in [-0.15, -0.1) is 0 Å². The Balaban J connectivity index is 2.45. The maximum atomic E-state index is 11.8. The number of carbonyl (C=O) groups is 2. The lowest BCUT2D eigenvalue weighted by Gasteiger charge is -2.16. The quantitative estimate of drug-likeness (QED) is 0.470. The van der Waals surface area contributed by atoms with Crippen LogP contribution in [0.5, 0.6) is 0 Å². The van der Waals surface area contributed by atoms with Gasteiger partial charge in [0.15, 0.2) is 5.78 Å². The van der Waals surface area contributed by atoms with Gasteiger partial charge in [0.2, 0.25) is 0 Å². The zero-order valence-corrected chi connectivity index (χ0v) is 10.8. The van der Waals surface area contributed by atoms with Gasteiger partial charge in [-0.05, 0) is 17.2 Å². The lowest BCUT2D eigenvalue weighted by Crippen LogP contribution is -2.18. The second-order valence-corrected chi connectivity index (χ2v) is 4.05. The molecule has 0 radical (unpaired) electrons. The number of rotatable bonds is 3. The molecule has 0 fully saturated rings. The molecule has 0 atom stereocenters. The predicted octanol–water partition coefficient (Wildman–Crippen LogP) is 1.56. The highest BCUT2D eigenvalue weighted by atomic mass is 16.5. The highest BCUT2D eigenvalue weighted by Gasteiger charge is 2.20. The third kappa shape index (κ3) is 2.66. The van der Waals surface area contributed by atoms with Crippen LogP contribution in [0.15, 0.2) is 24.5 Å². The maximum Gasteiger partial charge on any atom is 0.341 e. The van der Waals surface area contributed by atoms with Crippen molar-refractivity contribution in [3.8, 4) is 0 Å². The molecule has 0 unspecified atom stereocenters. The Labute approximate surface area is 110 Å². The molecule has 0 amide bonds. The molecule has 0 aromatic heterocycles. The molecular formula is C14H14O5. The molecule has 1 aliphatic rings. The van der Waals surface area contributed by atoms with Gasteiger partial charge in [0.1, 0.15) is 12.2 Å². The summed E-state index contributed by atoms with van der Waals surface area (Å²) in [6.45, 7) is 0.473. The third-order valence-corrected chi connectivity index (χ3v) is 2.85. The van der Waals surface area contributed by atoms with Crippen molar-refractivity contribution in [2.45, 2.75) is 6.61 Å². The van der Waals surface area contributed by atoms with Gasteiger partial charge in [0, 0.05) is 5.56 Å². The number of benzene rings is 1. The van der Waals surface area contributed by atoms with Gasteiger partial charge in [-0.2, -0.15) is 0 Å². The zero-order valence-electron chi connectivity index (χ0n) is 10.8. The fourth-order valence-electron chi connectivity index (χ4n) is 1.92. The SMILES string of the molecule is CO/C=C(/C(=O)OC)c1ccc2c(c1)C(=O)COC2. The van der Waals surface area contributed by atoms with Crippen molar-refractivity contribution in [3.63, 3.8) is 0 Å². The van der Waals surface area contributed by atoms with E-state index in [0.717, 1.165) is 5.56 Å². The van der Waals surface area contributed by atoms with Crippen LogP contribution < -0.4 is 0 Å². The summed E-state index contributed by atoms with van der Waals surface area (Å²) >= 11 is 0. The van der Waals surface area contributed by atoms with Crippen LogP contribution in [0.4, 0.5) is 0 Å².